The predicted molar refractivity (Wildman–Crippen MR) is 192 cm³/mol. The quantitative estimate of drug-likeness (QED) is 0.0950. The van der Waals surface area contributed by atoms with Crippen molar-refractivity contribution in [1.82, 2.24) is 19.4 Å². The molecule has 2 atom stereocenters. The molecule has 4 aromatic rings. The monoisotopic (exact) mass is 731 g/mol. The molecule has 1 aliphatic rings. The Morgan fingerprint density at radius 2 is 1.70 bits per heavy atom. The van der Waals surface area contributed by atoms with Gasteiger partial charge in [-0.3, -0.25) is 19.1 Å². The summed E-state index contributed by atoms with van der Waals surface area (Å²) in [6.45, 7) is 13.8. The summed E-state index contributed by atoms with van der Waals surface area (Å²) in [6.07, 6.45) is 2.95. The highest BCUT2D eigenvalue weighted by molar-refractivity contribution is 6.54. The van der Waals surface area contributed by atoms with E-state index in [1.807, 2.05) is 39.5 Å². The Labute approximate surface area is 297 Å². The van der Waals surface area contributed by atoms with E-state index in [-0.39, 0.29) is 77.2 Å². The van der Waals surface area contributed by atoms with Crippen LogP contribution in [0.4, 0.5) is 11.4 Å². The Hall–Kier alpha value is -3.52. The van der Waals surface area contributed by atoms with Gasteiger partial charge in [0.05, 0.1) is 53.6 Å². The zero-order chi connectivity index (χ0) is 34.6. The number of carbonyl (C=O) groups excluding carboxylic acids is 1. The average Bonchev–Trinajstić information content (AvgIpc) is 3.02. The van der Waals surface area contributed by atoms with E-state index in [1.54, 1.807) is 23.2 Å². The number of rotatable bonds is 5. The van der Waals surface area contributed by atoms with Crippen molar-refractivity contribution in [2.45, 2.75) is 52.6 Å². The van der Waals surface area contributed by atoms with Crippen molar-refractivity contribution in [3.63, 3.8) is 0 Å². The minimum Gasteiger partial charge on any atom is -0.397 e. The highest BCUT2D eigenvalue weighted by atomic mass is 35.5. The molecule has 0 unspecified atom stereocenters. The third-order valence-electron chi connectivity index (χ3n) is 8.32. The number of aromatic nitrogens is 3. The molecule has 9 nitrogen and oxygen atoms in total. The molecule has 1 saturated heterocycles. The summed E-state index contributed by atoms with van der Waals surface area (Å²) < 4.78 is 1.39. The molecular formula is C33H30Cl5N7O2. The first kappa shape index (κ1) is 34.8. The summed E-state index contributed by atoms with van der Waals surface area (Å²) in [4.78, 5) is 40.5. The first-order valence-corrected chi connectivity index (χ1v) is 16.5. The fourth-order valence-corrected chi connectivity index (χ4v) is 7.49. The molecule has 14 heteroatoms. The van der Waals surface area contributed by atoms with Crippen LogP contribution >= 0.6 is 58.0 Å². The summed E-state index contributed by atoms with van der Waals surface area (Å²) >= 11 is 32.8. The van der Waals surface area contributed by atoms with Gasteiger partial charge in [0.25, 0.3) is 5.56 Å². The third-order valence-corrected chi connectivity index (χ3v) is 10.4. The van der Waals surface area contributed by atoms with Gasteiger partial charge in [0.15, 0.2) is 0 Å². The number of nitriles is 1. The van der Waals surface area contributed by atoms with Gasteiger partial charge in [-0.2, -0.15) is 5.26 Å². The fourth-order valence-electron chi connectivity index (χ4n) is 6.29. The van der Waals surface area contributed by atoms with Crippen LogP contribution in [0.1, 0.15) is 50.4 Å². The number of aryl methyl sites for hydroxylation is 1. The Bertz CT molecular complexity index is 2050. The van der Waals surface area contributed by atoms with Crippen LogP contribution in [-0.4, -0.2) is 50.5 Å². The number of fused-ring (bicyclic) bond motifs is 1. The number of hydrogen-bond acceptors (Lipinski definition) is 7. The molecule has 47 heavy (non-hydrogen) atoms. The molecular weight excluding hydrogens is 704 g/mol. The van der Waals surface area contributed by atoms with Crippen molar-refractivity contribution < 1.29 is 4.79 Å². The lowest BCUT2D eigenvalue weighted by Crippen LogP contribution is -2.58. The molecule has 1 amide bonds. The first-order chi connectivity index (χ1) is 22.2. The van der Waals surface area contributed by atoms with Crippen molar-refractivity contribution >= 4 is 86.3 Å². The Balaban J connectivity index is 1.95. The lowest BCUT2D eigenvalue weighted by molar-refractivity contribution is -0.130. The number of amides is 1. The second-order valence-corrected chi connectivity index (χ2v) is 13.7. The molecule has 5 rings (SSSR count). The number of nitrogens with two attached hydrogens (primary N) is 1. The topological polar surface area (TPSA) is 121 Å². The summed E-state index contributed by atoms with van der Waals surface area (Å²) in [7, 11) is 0. The van der Waals surface area contributed by atoms with E-state index in [0.717, 1.165) is 5.56 Å². The van der Waals surface area contributed by atoms with Crippen LogP contribution in [-0.2, 0) is 4.79 Å². The van der Waals surface area contributed by atoms with E-state index in [0.29, 0.717) is 35.5 Å². The fraction of sp³-hybridized carbons (Fsp3) is 0.303. The average molecular weight is 734 g/mol. The molecule has 1 aliphatic heterocycles. The molecule has 2 N–H and O–H groups in total. The molecule has 1 fully saturated rings. The number of anilines is 2. The van der Waals surface area contributed by atoms with Crippen LogP contribution in [0.25, 0.3) is 28.0 Å². The molecule has 0 spiro atoms. The van der Waals surface area contributed by atoms with Crippen LogP contribution in [0, 0.1) is 18.3 Å². The summed E-state index contributed by atoms with van der Waals surface area (Å²) in [6, 6.07) is 5.01. The predicted octanol–water partition coefficient (Wildman–Crippen LogP) is 8.21. The highest BCUT2D eigenvalue weighted by Gasteiger charge is 2.35. The van der Waals surface area contributed by atoms with E-state index in [4.69, 9.17) is 68.7 Å². The smallest absolute Gasteiger partial charge is 0.276 e. The molecule has 4 heterocycles. The van der Waals surface area contributed by atoms with Gasteiger partial charge in [-0.05, 0) is 50.5 Å². The maximum absolute atomic E-state index is 14.6. The second kappa shape index (κ2) is 13.2. The van der Waals surface area contributed by atoms with Gasteiger partial charge < -0.3 is 15.5 Å². The van der Waals surface area contributed by atoms with Gasteiger partial charge in [-0.25, -0.2) is 4.98 Å². The number of nitrogen functional groups attached to an aromatic ring is 1. The van der Waals surface area contributed by atoms with Crippen LogP contribution in [0.5, 0.6) is 0 Å². The third kappa shape index (κ3) is 5.70. The Morgan fingerprint density at radius 3 is 2.28 bits per heavy atom. The number of nitrogens with zero attached hydrogens (tertiary/aromatic N) is 6. The number of piperazine rings is 1. The van der Waals surface area contributed by atoms with E-state index in [1.165, 1.54) is 10.6 Å². The molecule has 0 aliphatic carbocycles. The van der Waals surface area contributed by atoms with Gasteiger partial charge >= 0.3 is 0 Å². The number of benzene rings is 1. The van der Waals surface area contributed by atoms with E-state index in [2.05, 4.69) is 17.6 Å². The van der Waals surface area contributed by atoms with Crippen molar-refractivity contribution in [1.29, 1.82) is 5.26 Å². The molecule has 0 radical (unpaired) electrons. The van der Waals surface area contributed by atoms with E-state index >= 15 is 0 Å². The zero-order valence-corrected chi connectivity index (χ0v) is 29.9. The van der Waals surface area contributed by atoms with Gasteiger partial charge in [-0.1, -0.05) is 78.4 Å². The summed E-state index contributed by atoms with van der Waals surface area (Å²) in [5.74, 6) is -0.303. The Morgan fingerprint density at radius 1 is 1.09 bits per heavy atom. The molecule has 3 aromatic heterocycles. The second-order valence-electron chi connectivity index (χ2n) is 11.8. The van der Waals surface area contributed by atoms with Gasteiger partial charge in [0.2, 0.25) is 5.91 Å². The molecule has 0 bridgehead atoms. The molecule has 1 aromatic carbocycles. The number of pyridine rings is 3. The highest BCUT2D eigenvalue weighted by Crippen LogP contribution is 2.49. The van der Waals surface area contributed by atoms with Crippen LogP contribution in [0.15, 0.2) is 35.8 Å². The van der Waals surface area contributed by atoms with Gasteiger partial charge in [0.1, 0.15) is 17.3 Å². The maximum Gasteiger partial charge on any atom is 0.276 e. The Kier molecular flexibility index (Phi) is 9.76. The minimum atomic E-state index is -0.607. The number of halogens is 5. The summed E-state index contributed by atoms with van der Waals surface area (Å²) in [5.41, 5.74) is 8.27. The lowest BCUT2D eigenvalue weighted by atomic mass is 10.0. The van der Waals surface area contributed by atoms with Crippen LogP contribution in [0.3, 0.4) is 0 Å². The van der Waals surface area contributed by atoms with E-state index in [9.17, 15) is 14.9 Å². The van der Waals surface area contributed by atoms with Crippen LogP contribution < -0.4 is 16.2 Å². The van der Waals surface area contributed by atoms with Crippen LogP contribution in [0.2, 0.25) is 25.1 Å². The standard InChI is InChI=1S/C33H30Cl5N7O2/c1-7-21(46)44-16(5)12-43(13-17(44)6)31-18-10-20(34)29(22-23(35)24(36)25(37)26(38)27(22)40)42-32(18)45(33(47)19(31)11-39)30-15(4)8-9-41-28(30)14(2)3/h7-10,14,16-17H,1,12-13,40H2,2-6H3/t16-,17+. The maximum atomic E-state index is 14.6. The lowest BCUT2D eigenvalue weighted by Gasteiger charge is -2.45. The van der Waals surface area contributed by atoms with Gasteiger partial charge in [-0.15, -0.1) is 0 Å². The number of hydrogen-bond donors (Lipinski definition) is 1. The van der Waals surface area contributed by atoms with Crippen molar-refractivity contribution in [2.75, 3.05) is 23.7 Å². The van der Waals surface area contributed by atoms with Crippen molar-refractivity contribution in [2.24, 2.45) is 0 Å². The summed E-state index contributed by atoms with van der Waals surface area (Å²) in [5, 5.41) is 10.9. The normalized spacial score (nSPS) is 16.6. The van der Waals surface area contributed by atoms with E-state index < -0.39 is 5.56 Å². The largest absolute Gasteiger partial charge is 0.397 e. The zero-order valence-electron chi connectivity index (χ0n) is 26.1. The minimum absolute atomic E-state index is 0.00586. The van der Waals surface area contributed by atoms with Gasteiger partial charge in [0, 0.05) is 42.3 Å². The number of carbonyl (C=O) groups is 1. The van der Waals surface area contributed by atoms with Crippen molar-refractivity contribution in [3.8, 4) is 23.0 Å². The molecule has 0 saturated carbocycles. The first-order valence-electron chi connectivity index (χ1n) is 14.6. The SMILES string of the molecule is C=CC(=O)N1[C@H](C)CN(c2c(C#N)c(=O)n(-c3c(C)ccnc3C(C)C)c3nc(-c4c(N)c(Cl)c(Cl)c(Cl)c4Cl)c(Cl)cc23)C[C@@H]1C. The molecule has 244 valence electrons. The van der Waals surface area contributed by atoms with Crippen molar-refractivity contribution in [3.05, 3.63) is 83.3 Å².